The van der Waals surface area contributed by atoms with Gasteiger partial charge in [0.15, 0.2) is 0 Å². The Morgan fingerprint density at radius 3 is 2.79 bits per heavy atom. The van der Waals surface area contributed by atoms with E-state index < -0.39 is 0 Å². The number of nitrogens with zero attached hydrogens (tertiary/aromatic N) is 2. The Balaban J connectivity index is 1.68. The van der Waals surface area contributed by atoms with Gasteiger partial charge in [-0.2, -0.15) is 0 Å². The van der Waals surface area contributed by atoms with Crippen molar-refractivity contribution in [1.29, 1.82) is 0 Å². The summed E-state index contributed by atoms with van der Waals surface area (Å²) in [5.41, 5.74) is 1.71. The van der Waals surface area contributed by atoms with Crippen LogP contribution in [0.2, 0.25) is 0 Å². The van der Waals surface area contributed by atoms with E-state index in [1.807, 2.05) is 36.4 Å². The van der Waals surface area contributed by atoms with Gasteiger partial charge in [-0.3, -0.25) is 0 Å². The molecule has 6 nitrogen and oxygen atoms in total. The number of rotatable bonds is 6. The van der Waals surface area contributed by atoms with E-state index in [0.29, 0.717) is 11.7 Å². The summed E-state index contributed by atoms with van der Waals surface area (Å²) in [6.45, 7) is 4.26. The van der Waals surface area contributed by atoms with Gasteiger partial charge in [0.05, 0.1) is 29.8 Å². The molecule has 0 aliphatic carbocycles. The Bertz CT molecular complexity index is 986. The topological polar surface area (TPSA) is 68.3 Å². The van der Waals surface area contributed by atoms with Crippen molar-refractivity contribution in [1.82, 2.24) is 15.3 Å². The lowest BCUT2D eigenvalue weighted by atomic mass is 9.93. The van der Waals surface area contributed by atoms with Crippen LogP contribution in [-0.2, 0) is 0 Å². The molecular weight excluding hydrogens is 432 g/mol. The molecule has 3 aromatic rings. The number of aromatic nitrogens is 2. The minimum absolute atomic E-state index is 0.124. The van der Waals surface area contributed by atoms with Gasteiger partial charge in [-0.25, -0.2) is 9.97 Å². The molecule has 0 radical (unpaired) electrons. The molecule has 1 atom stereocenters. The molecule has 1 saturated heterocycles. The molecule has 1 fully saturated rings. The number of nitrogens with one attached hydrogen (secondary N) is 2. The van der Waals surface area contributed by atoms with E-state index in [2.05, 4.69) is 43.5 Å². The predicted octanol–water partition coefficient (Wildman–Crippen LogP) is 4.91. The molecule has 1 aliphatic rings. The standard InChI is InChI=1S/C22H25BrN4O2/c1-14(15-8-10-24-11-9-15)29-20-5-3-4-18-21(20)22(26-13-25-18)27-19-12-16(28-2)6-7-17(19)23/h3-7,12-15,24H,8-11H2,1-2H3,(H,25,26,27). The van der Waals surface area contributed by atoms with E-state index in [1.54, 1.807) is 13.4 Å². The van der Waals surface area contributed by atoms with Crippen LogP contribution >= 0.6 is 15.9 Å². The van der Waals surface area contributed by atoms with Crippen molar-refractivity contribution in [2.24, 2.45) is 5.92 Å². The summed E-state index contributed by atoms with van der Waals surface area (Å²) in [5, 5.41) is 7.71. The van der Waals surface area contributed by atoms with Gasteiger partial charge < -0.3 is 20.1 Å². The Morgan fingerprint density at radius 2 is 2.00 bits per heavy atom. The van der Waals surface area contributed by atoms with Crippen LogP contribution in [0.4, 0.5) is 11.5 Å². The molecule has 7 heteroatoms. The first-order valence-electron chi connectivity index (χ1n) is 9.87. The molecule has 1 unspecified atom stereocenters. The Labute approximate surface area is 179 Å². The zero-order chi connectivity index (χ0) is 20.2. The summed E-state index contributed by atoms with van der Waals surface area (Å²) in [6.07, 6.45) is 3.95. The zero-order valence-electron chi connectivity index (χ0n) is 16.6. The summed E-state index contributed by atoms with van der Waals surface area (Å²) in [6, 6.07) is 11.7. The van der Waals surface area contributed by atoms with Gasteiger partial charge in [0, 0.05) is 10.5 Å². The molecule has 2 N–H and O–H groups in total. The van der Waals surface area contributed by atoms with Gasteiger partial charge in [0.25, 0.3) is 0 Å². The molecular formula is C22H25BrN4O2. The first-order valence-corrected chi connectivity index (χ1v) is 10.7. The fourth-order valence-corrected chi connectivity index (χ4v) is 4.08. The van der Waals surface area contributed by atoms with Crippen LogP contribution < -0.4 is 20.1 Å². The Morgan fingerprint density at radius 1 is 1.17 bits per heavy atom. The molecule has 152 valence electrons. The van der Waals surface area contributed by atoms with Crippen LogP contribution in [0.5, 0.6) is 11.5 Å². The van der Waals surface area contributed by atoms with Crippen molar-refractivity contribution in [2.45, 2.75) is 25.9 Å². The molecule has 1 aromatic heterocycles. The van der Waals surface area contributed by atoms with Gasteiger partial charge in [-0.1, -0.05) is 6.07 Å². The van der Waals surface area contributed by atoms with Gasteiger partial charge in [0.1, 0.15) is 23.6 Å². The largest absolute Gasteiger partial charge is 0.497 e. The number of anilines is 2. The molecule has 2 aromatic carbocycles. The fraction of sp³-hybridized carbons (Fsp3) is 0.364. The number of ether oxygens (including phenoxy) is 2. The maximum Gasteiger partial charge on any atom is 0.145 e. The van der Waals surface area contributed by atoms with Gasteiger partial charge in [0.2, 0.25) is 0 Å². The van der Waals surface area contributed by atoms with Crippen LogP contribution in [0.1, 0.15) is 19.8 Å². The second-order valence-electron chi connectivity index (χ2n) is 7.25. The zero-order valence-corrected chi connectivity index (χ0v) is 18.2. The third-order valence-corrected chi connectivity index (χ3v) is 6.10. The van der Waals surface area contributed by atoms with Gasteiger partial charge in [-0.05, 0) is 79.0 Å². The van der Waals surface area contributed by atoms with Crippen molar-refractivity contribution >= 4 is 38.3 Å². The minimum atomic E-state index is 0.124. The SMILES string of the molecule is COc1ccc(Br)c(Nc2ncnc3cccc(OC(C)C4CCNCC4)c23)c1. The fourth-order valence-electron chi connectivity index (χ4n) is 3.74. The molecule has 2 heterocycles. The van der Waals surface area contributed by atoms with E-state index >= 15 is 0 Å². The number of piperidine rings is 1. The highest BCUT2D eigenvalue weighted by atomic mass is 79.9. The Hall–Kier alpha value is -2.38. The average molecular weight is 457 g/mol. The maximum atomic E-state index is 6.44. The third kappa shape index (κ3) is 4.46. The predicted molar refractivity (Wildman–Crippen MR) is 119 cm³/mol. The first kappa shape index (κ1) is 19.9. The van der Waals surface area contributed by atoms with Gasteiger partial charge >= 0.3 is 0 Å². The van der Waals surface area contributed by atoms with Gasteiger partial charge in [-0.15, -0.1) is 0 Å². The van der Waals surface area contributed by atoms with Crippen LogP contribution in [0.3, 0.4) is 0 Å². The maximum absolute atomic E-state index is 6.44. The molecule has 4 rings (SSSR count). The van der Waals surface area contributed by atoms with Crippen molar-refractivity contribution in [3.8, 4) is 11.5 Å². The average Bonchev–Trinajstić information content (AvgIpc) is 2.76. The van der Waals surface area contributed by atoms with E-state index in [-0.39, 0.29) is 6.10 Å². The Kier molecular flexibility index (Phi) is 6.16. The van der Waals surface area contributed by atoms with Crippen LogP contribution in [0, 0.1) is 5.92 Å². The van der Waals surface area contributed by atoms with Crippen molar-refractivity contribution in [3.63, 3.8) is 0 Å². The van der Waals surface area contributed by atoms with E-state index in [1.165, 1.54) is 0 Å². The highest BCUT2D eigenvalue weighted by Crippen LogP contribution is 2.36. The molecule has 1 aliphatic heterocycles. The highest BCUT2D eigenvalue weighted by Gasteiger charge is 2.22. The summed E-state index contributed by atoms with van der Waals surface area (Å²) >= 11 is 3.59. The molecule has 0 saturated carbocycles. The second-order valence-corrected chi connectivity index (χ2v) is 8.11. The lowest BCUT2D eigenvalue weighted by Crippen LogP contribution is -2.35. The molecule has 0 spiro atoms. The smallest absolute Gasteiger partial charge is 0.145 e. The third-order valence-electron chi connectivity index (χ3n) is 5.41. The summed E-state index contributed by atoms with van der Waals surface area (Å²) < 4.78 is 12.7. The monoisotopic (exact) mass is 456 g/mol. The summed E-state index contributed by atoms with van der Waals surface area (Å²) in [7, 11) is 1.65. The van der Waals surface area contributed by atoms with Crippen LogP contribution in [0.15, 0.2) is 47.2 Å². The lowest BCUT2D eigenvalue weighted by Gasteiger charge is -2.29. The van der Waals surface area contributed by atoms with E-state index in [0.717, 1.165) is 58.5 Å². The number of methoxy groups -OCH3 is 1. The van der Waals surface area contributed by atoms with Crippen molar-refractivity contribution < 1.29 is 9.47 Å². The quantitative estimate of drug-likeness (QED) is 0.548. The molecule has 0 bridgehead atoms. The molecule has 29 heavy (non-hydrogen) atoms. The van der Waals surface area contributed by atoms with Crippen molar-refractivity contribution in [3.05, 3.63) is 47.2 Å². The highest BCUT2D eigenvalue weighted by molar-refractivity contribution is 9.10. The molecule has 0 amide bonds. The first-order chi connectivity index (χ1) is 14.2. The van der Waals surface area contributed by atoms with Crippen LogP contribution in [-0.4, -0.2) is 36.3 Å². The number of hydrogen-bond donors (Lipinski definition) is 2. The van der Waals surface area contributed by atoms with Crippen molar-refractivity contribution in [2.75, 3.05) is 25.5 Å². The lowest BCUT2D eigenvalue weighted by molar-refractivity contribution is 0.130. The van der Waals surface area contributed by atoms with E-state index in [4.69, 9.17) is 9.47 Å². The number of fused-ring (bicyclic) bond motifs is 1. The van der Waals surface area contributed by atoms with E-state index in [9.17, 15) is 0 Å². The second kappa shape index (κ2) is 8.97. The summed E-state index contributed by atoms with van der Waals surface area (Å²) in [5.74, 6) is 2.82. The number of benzene rings is 2. The number of hydrogen-bond acceptors (Lipinski definition) is 6. The van der Waals surface area contributed by atoms with Crippen LogP contribution in [0.25, 0.3) is 10.9 Å². The normalized spacial score (nSPS) is 15.8. The minimum Gasteiger partial charge on any atom is -0.497 e. The summed E-state index contributed by atoms with van der Waals surface area (Å²) in [4.78, 5) is 8.95. The number of halogens is 1.